The second-order valence-electron chi connectivity index (χ2n) is 8.53. The number of carbonyl (C=O) groups excluding carboxylic acids is 2. The lowest BCUT2D eigenvalue weighted by Crippen LogP contribution is -2.55. The molecule has 2 N–H and O–H groups in total. The number of nitrogens with one attached hydrogen (secondary N) is 1. The van der Waals surface area contributed by atoms with E-state index < -0.39 is 0 Å². The minimum absolute atomic E-state index is 0.0269. The molecule has 1 atom stereocenters. The smallest absolute Gasteiger partial charge is 0.318 e. The van der Waals surface area contributed by atoms with E-state index in [9.17, 15) is 14.0 Å². The normalized spacial score (nSPS) is 21.7. The number of benzene rings is 1. The quantitative estimate of drug-likeness (QED) is 0.735. The van der Waals surface area contributed by atoms with E-state index in [1.807, 2.05) is 11.0 Å². The van der Waals surface area contributed by atoms with Crippen molar-refractivity contribution in [1.29, 1.82) is 0 Å². The molecule has 3 amide bonds. The Balaban J connectivity index is 1.37. The fourth-order valence-corrected chi connectivity index (χ4v) is 4.28. The van der Waals surface area contributed by atoms with Crippen LogP contribution in [0.5, 0.6) is 0 Å². The number of hydrogen-bond donors (Lipinski definition) is 2. The SMILES string of the molecule is O=C(CCO)N1CCC[C@@H](N(C(=O)NCc2ccc(C3CC3)cc2F)C2CC2)C1. The zero-order chi connectivity index (χ0) is 20.4. The van der Waals surface area contributed by atoms with E-state index in [4.69, 9.17) is 5.11 Å². The van der Waals surface area contributed by atoms with Crippen molar-refractivity contribution in [3.8, 4) is 0 Å². The van der Waals surface area contributed by atoms with Crippen molar-refractivity contribution in [2.45, 2.75) is 69.5 Å². The first kappa shape index (κ1) is 20.1. The highest BCUT2D eigenvalue weighted by Crippen LogP contribution is 2.40. The molecule has 0 radical (unpaired) electrons. The number of piperidine rings is 1. The number of aliphatic hydroxyl groups excluding tert-OH is 1. The average Bonchev–Trinajstić information content (AvgIpc) is 3.61. The van der Waals surface area contributed by atoms with Crippen LogP contribution >= 0.6 is 0 Å². The highest BCUT2D eigenvalue weighted by atomic mass is 19.1. The Morgan fingerprint density at radius 2 is 1.97 bits per heavy atom. The number of hydrogen-bond acceptors (Lipinski definition) is 3. The van der Waals surface area contributed by atoms with Crippen molar-refractivity contribution in [2.75, 3.05) is 19.7 Å². The largest absolute Gasteiger partial charge is 0.396 e. The van der Waals surface area contributed by atoms with Crippen molar-refractivity contribution in [1.82, 2.24) is 15.1 Å². The van der Waals surface area contributed by atoms with E-state index in [1.165, 1.54) is 0 Å². The molecule has 3 fully saturated rings. The molecule has 7 heteroatoms. The van der Waals surface area contributed by atoms with Gasteiger partial charge in [-0.05, 0) is 56.1 Å². The van der Waals surface area contributed by atoms with Gasteiger partial charge in [0.2, 0.25) is 5.91 Å². The van der Waals surface area contributed by atoms with E-state index in [2.05, 4.69) is 5.32 Å². The minimum atomic E-state index is -0.258. The van der Waals surface area contributed by atoms with Gasteiger partial charge in [-0.2, -0.15) is 0 Å². The maximum Gasteiger partial charge on any atom is 0.318 e. The van der Waals surface area contributed by atoms with E-state index >= 15 is 0 Å². The van der Waals surface area contributed by atoms with Crippen LogP contribution in [0.15, 0.2) is 18.2 Å². The molecule has 1 heterocycles. The first-order valence-electron chi connectivity index (χ1n) is 10.8. The molecule has 1 aromatic rings. The summed E-state index contributed by atoms with van der Waals surface area (Å²) < 4.78 is 14.4. The van der Waals surface area contributed by atoms with Crippen LogP contribution in [0, 0.1) is 5.82 Å². The molecular weight excluding hydrogens is 373 g/mol. The second kappa shape index (κ2) is 8.69. The molecule has 2 aliphatic carbocycles. The topological polar surface area (TPSA) is 72.9 Å². The molecule has 6 nitrogen and oxygen atoms in total. The third-order valence-corrected chi connectivity index (χ3v) is 6.20. The minimum Gasteiger partial charge on any atom is -0.396 e. The Bertz CT molecular complexity index is 764. The fourth-order valence-electron chi connectivity index (χ4n) is 4.28. The third-order valence-electron chi connectivity index (χ3n) is 6.20. The number of amides is 3. The first-order chi connectivity index (χ1) is 14.1. The van der Waals surface area contributed by atoms with Gasteiger partial charge in [0.15, 0.2) is 0 Å². The Morgan fingerprint density at radius 3 is 2.62 bits per heavy atom. The summed E-state index contributed by atoms with van der Waals surface area (Å²) >= 11 is 0. The van der Waals surface area contributed by atoms with Gasteiger partial charge < -0.3 is 20.2 Å². The van der Waals surface area contributed by atoms with Crippen molar-refractivity contribution in [2.24, 2.45) is 0 Å². The lowest BCUT2D eigenvalue weighted by Gasteiger charge is -2.39. The predicted molar refractivity (Wildman–Crippen MR) is 107 cm³/mol. The van der Waals surface area contributed by atoms with Crippen molar-refractivity contribution < 1.29 is 19.1 Å². The molecule has 0 unspecified atom stereocenters. The Morgan fingerprint density at radius 1 is 1.17 bits per heavy atom. The highest BCUT2D eigenvalue weighted by molar-refractivity contribution is 5.77. The lowest BCUT2D eigenvalue weighted by atomic mass is 10.0. The average molecular weight is 403 g/mol. The molecule has 0 spiro atoms. The second-order valence-corrected chi connectivity index (χ2v) is 8.53. The standard InChI is InChI=1S/C22H30FN3O3/c23-20-12-16(15-3-4-15)5-6-17(20)13-24-22(29)26(18-7-8-18)19-2-1-10-25(14-19)21(28)9-11-27/h5-6,12,15,18-19,27H,1-4,7-11,13-14H2,(H,24,29)/t19-/m1/s1. The van der Waals surface area contributed by atoms with Gasteiger partial charge in [-0.3, -0.25) is 4.79 Å². The van der Waals surface area contributed by atoms with E-state index in [1.54, 1.807) is 17.0 Å². The van der Waals surface area contributed by atoms with Crippen molar-refractivity contribution in [3.05, 3.63) is 35.1 Å². The van der Waals surface area contributed by atoms with E-state index in [-0.39, 0.29) is 49.4 Å². The van der Waals surface area contributed by atoms with Crippen LogP contribution in [-0.4, -0.2) is 58.6 Å². The number of aliphatic hydroxyl groups is 1. The molecule has 1 aliphatic heterocycles. The van der Waals surface area contributed by atoms with Crippen LogP contribution in [0.3, 0.4) is 0 Å². The van der Waals surface area contributed by atoms with Crippen LogP contribution in [-0.2, 0) is 11.3 Å². The fraction of sp³-hybridized carbons (Fsp3) is 0.636. The summed E-state index contributed by atoms with van der Waals surface area (Å²) in [7, 11) is 0. The number of nitrogens with zero attached hydrogens (tertiary/aromatic N) is 2. The molecule has 4 rings (SSSR count). The first-order valence-corrected chi connectivity index (χ1v) is 10.8. The molecule has 2 saturated carbocycles. The Labute approximate surface area is 171 Å². The van der Waals surface area contributed by atoms with Crippen LogP contribution in [0.25, 0.3) is 0 Å². The molecule has 0 aromatic heterocycles. The van der Waals surface area contributed by atoms with E-state index in [0.717, 1.165) is 44.1 Å². The number of urea groups is 1. The molecule has 0 bridgehead atoms. The zero-order valence-corrected chi connectivity index (χ0v) is 16.8. The number of rotatable bonds is 7. The van der Waals surface area contributed by atoms with Crippen molar-refractivity contribution in [3.63, 3.8) is 0 Å². The van der Waals surface area contributed by atoms with Crippen LogP contribution in [0.2, 0.25) is 0 Å². The molecular formula is C22H30FN3O3. The highest BCUT2D eigenvalue weighted by Gasteiger charge is 2.39. The lowest BCUT2D eigenvalue weighted by molar-refractivity contribution is -0.133. The predicted octanol–water partition coefficient (Wildman–Crippen LogP) is 2.75. The Hall–Kier alpha value is -2.15. The molecule has 3 aliphatic rings. The molecule has 29 heavy (non-hydrogen) atoms. The summed E-state index contributed by atoms with van der Waals surface area (Å²) in [6, 6.07) is 5.34. The third kappa shape index (κ3) is 4.89. The van der Waals surface area contributed by atoms with Crippen LogP contribution in [0.4, 0.5) is 9.18 Å². The summed E-state index contributed by atoms with van der Waals surface area (Å²) in [6.07, 6.45) is 6.03. The molecule has 1 aromatic carbocycles. The van der Waals surface area contributed by atoms with Gasteiger partial charge in [0.05, 0.1) is 12.6 Å². The maximum absolute atomic E-state index is 14.4. The van der Waals surface area contributed by atoms with Crippen LogP contribution in [0.1, 0.15) is 62.0 Å². The van der Waals surface area contributed by atoms with E-state index in [0.29, 0.717) is 24.6 Å². The zero-order valence-electron chi connectivity index (χ0n) is 16.8. The van der Waals surface area contributed by atoms with Gasteiger partial charge in [-0.1, -0.05) is 12.1 Å². The summed E-state index contributed by atoms with van der Waals surface area (Å²) in [5, 5.41) is 11.9. The summed E-state index contributed by atoms with van der Waals surface area (Å²) in [4.78, 5) is 28.7. The molecule has 1 saturated heterocycles. The summed E-state index contributed by atoms with van der Waals surface area (Å²) in [5.41, 5.74) is 1.55. The van der Waals surface area contributed by atoms with Gasteiger partial charge in [-0.25, -0.2) is 9.18 Å². The summed E-state index contributed by atoms with van der Waals surface area (Å²) in [5.74, 6) is 0.179. The monoisotopic (exact) mass is 403 g/mol. The van der Waals surface area contributed by atoms with Crippen molar-refractivity contribution >= 4 is 11.9 Å². The van der Waals surface area contributed by atoms with Gasteiger partial charge in [-0.15, -0.1) is 0 Å². The number of carbonyl (C=O) groups is 2. The van der Waals surface area contributed by atoms with Gasteiger partial charge in [0.25, 0.3) is 0 Å². The number of halogens is 1. The summed E-state index contributed by atoms with van der Waals surface area (Å²) in [6.45, 7) is 1.19. The van der Waals surface area contributed by atoms with Crippen LogP contribution < -0.4 is 5.32 Å². The van der Waals surface area contributed by atoms with Gasteiger partial charge >= 0.3 is 6.03 Å². The van der Waals surface area contributed by atoms with Gasteiger partial charge in [0, 0.05) is 37.7 Å². The van der Waals surface area contributed by atoms with Gasteiger partial charge in [0.1, 0.15) is 5.82 Å². The number of likely N-dealkylation sites (tertiary alicyclic amines) is 1. The molecule has 158 valence electrons. The maximum atomic E-state index is 14.4. The Kier molecular flexibility index (Phi) is 6.04.